The molecule has 0 saturated carbocycles. The summed E-state index contributed by atoms with van der Waals surface area (Å²) in [6.45, 7) is 2.01. The van der Waals surface area contributed by atoms with Gasteiger partial charge in [0.15, 0.2) is 5.11 Å². The molecule has 5 nitrogen and oxygen atoms in total. The van der Waals surface area contributed by atoms with E-state index in [1.165, 1.54) is 0 Å². The average molecular weight is 352 g/mol. The van der Waals surface area contributed by atoms with Crippen LogP contribution in [0.4, 0.5) is 0 Å². The molecule has 2 N–H and O–H groups in total. The second kappa shape index (κ2) is 7.77. The third-order valence-electron chi connectivity index (χ3n) is 3.62. The predicted octanol–water partition coefficient (Wildman–Crippen LogP) is 2.74. The minimum Gasteiger partial charge on any atom is -0.488 e. The Hall–Kier alpha value is -1.63. The summed E-state index contributed by atoms with van der Waals surface area (Å²) in [4.78, 5) is 0. The lowest BCUT2D eigenvalue weighted by atomic mass is 10.1. The van der Waals surface area contributed by atoms with Gasteiger partial charge in [0, 0.05) is 29.3 Å². The van der Waals surface area contributed by atoms with E-state index in [0.717, 1.165) is 36.3 Å². The molecule has 2 aliphatic rings. The maximum Gasteiger partial charge on any atom is 0.187 e. The van der Waals surface area contributed by atoms with Crippen LogP contribution in [0.15, 0.2) is 28.9 Å². The Morgan fingerprint density at radius 2 is 2.39 bits per heavy atom. The molecule has 1 fully saturated rings. The van der Waals surface area contributed by atoms with E-state index in [0.29, 0.717) is 23.3 Å². The number of halogens is 1. The number of fused-ring (bicyclic) bond motifs is 1. The Balaban J connectivity index is 1.49. The molecule has 1 aromatic carbocycles. The largest absolute Gasteiger partial charge is 0.488 e. The molecule has 2 aliphatic heterocycles. The van der Waals surface area contributed by atoms with Gasteiger partial charge in [-0.1, -0.05) is 11.6 Å². The van der Waals surface area contributed by atoms with E-state index in [1.807, 2.05) is 24.3 Å². The molecule has 0 aromatic heterocycles. The van der Waals surface area contributed by atoms with Crippen LogP contribution in [-0.4, -0.2) is 37.2 Å². The first kappa shape index (κ1) is 16.2. The SMILES string of the molecule is S=C(NC[C@@H]1CCCO1)NN=CC1=Cc2cc(Cl)ccc2OC1. The van der Waals surface area contributed by atoms with E-state index in [2.05, 4.69) is 15.8 Å². The minimum atomic E-state index is 0.245. The summed E-state index contributed by atoms with van der Waals surface area (Å²) in [5.74, 6) is 0.827. The number of hydrogen-bond donors (Lipinski definition) is 2. The predicted molar refractivity (Wildman–Crippen MR) is 96.1 cm³/mol. The van der Waals surface area contributed by atoms with Crippen LogP contribution >= 0.6 is 23.8 Å². The van der Waals surface area contributed by atoms with Gasteiger partial charge in [-0.25, -0.2) is 0 Å². The Labute approximate surface area is 145 Å². The molecule has 23 heavy (non-hydrogen) atoms. The van der Waals surface area contributed by atoms with Crippen LogP contribution in [0.25, 0.3) is 6.08 Å². The fraction of sp³-hybridized carbons (Fsp3) is 0.375. The van der Waals surface area contributed by atoms with Crippen LogP contribution in [0, 0.1) is 0 Å². The van der Waals surface area contributed by atoms with Crippen LogP contribution in [0.1, 0.15) is 18.4 Å². The highest BCUT2D eigenvalue weighted by Crippen LogP contribution is 2.28. The first-order chi connectivity index (χ1) is 11.2. The van der Waals surface area contributed by atoms with Gasteiger partial charge in [0.05, 0.1) is 12.3 Å². The van der Waals surface area contributed by atoms with Gasteiger partial charge in [0.1, 0.15) is 12.4 Å². The van der Waals surface area contributed by atoms with Gasteiger partial charge in [0.2, 0.25) is 0 Å². The molecule has 0 bridgehead atoms. The van der Waals surface area contributed by atoms with Crippen molar-refractivity contribution in [2.24, 2.45) is 5.10 Å². The minimum absolute atomic E-state index is 0.245. The van der Waals surface area contributed by atoms with E-state index in [4.69, 9.17) is 33.3 Å². The van der Waals surface area contributed by atoms with Crippen LogP contribution in [-0.2, 0) is 4.74 Å². The average Bonchev–Trinajstić information content (AvgIpc) is 3.06. The number of hydrazone groups is 1. The number of nitrogens with zero attached hydrogens (tertiary/aromatic N) is 1. The topological polar surface area (TPSA) is 54.9 Å². The summed E-state index contributed by atoms with van der Waals surface area (Å²) < 4.78 is 11.2. The third-order valence-corrected chi connectivity index (χ3v) is 4.09. The monoisotopic (exact) mass is 351 g/mol. The van der Waals surface area contributed by atoms with Gasteiger partial charge in [-0.3, -0.25) is 5.43 Å². The molecule has 3 rings (SSSR count). The molecule has 1 atom stereocenters. The molecule has 0 unspecified atom stereocenters. The molecule has 0 radical (unpaired) electrons. The molecule has 7 heteroatoms. The fourth-order valence-electron chi connectivity index (χ4n) is 2.47. The van der Waals surface area contributed by atoms with Gasteiger partial charge in [-0.05, 0) is 49.3 Å². The maximum absolute atomic E-state index is 5.99. The van der Waals surface area contributed by atoms with Gasteiger partial charge in [-0.2, -0.15) is 5.10 Å². The zero-order chi connectivity index (χ0) is 16.1. The van der Waals surface area contributed by atoms with Crippen molar-refractivity contribution in [2.75, 3.05) is 19.8 Å². The summed E-state index contributed by atoms with van der Waals surface area (Å²) in [7, 11) is 0. The highest BCUT2D eigenvalue weighted by molar-refractivity contribution is 7.80. The normalized spacial score (nSPS) is 19.9. The van der Waals surface area contributed by atoms with Gasteiger partial charge >= 0.3 is 0 Å². The zero-order valence-electron chi connectivity index (χ0n) is 12.5. The fourth-order valence-corrected chi connectivity index (χ4v) is 2.78. The number of thiocarbonyl (C=S) groups is 1. The van der Waals surface area contributed by atoms with Crippen molar-refractivity contribution in [1.29, 1.82) is 0 Å². The van der Waals surface area contributed by atoms with E-state index in [1.54, 1.807) is 6.21 Å². The number of benzene rings is 1. The standard InChI is InChI=1S/C16H18ClN3O2S/c17-13-3-4-15-12(7-13)6-11(10-22-15)8-19-20-16(23)18-9-14-2-1-5-21-14/h3-4,6-8,14H,1-2,5,9-10H2,(H2,18,20,23)/t14-/m0/s1. The van der Waals surface area contributed by atoms with Gasteiger partial charge < -0.3 is 14.8 Å². The molecule has 2 heterocycles. The molecule has 1 saturated heterocycles. The molecule has 0 spiro atoms. The van der Waals surface area contributed by atoms with Crippen LogP contribution in [0.3, 0.4) is 0 Å². The van der Waals surface area contributed by atoms with Crippen molar-refractivity contribution in [3.8, 4) is 5.75 Å². The summed E-state index contributed by atoms with van der Waals surface area (Å²) >= 11 is 11.2. The first-order valence-corrected chi connectivity index (χ1v) is 8.31. The van der Waals surface area contributed by atoms with Crippen LogP contribution < -0.4 is 15.5 Å². The second-order valence-corrected chi connectivity index (χ2v) is 6.25. The van der Waals surface area contributed by atoms with E-state index in [-0.39, 0.29) is 6.10 Å². The van der Waals surface area contributed by atoms with Gasteiger partial charge in [0.25, 0.3) is 0 Å². The number of rotatable bonds is 4. The zero-order valence-corrected chi connectivity index (χ0v) is 14.1. The maximum atomic E-state index is 5.99. The Morgan fingerprint density at radius 3 is 3.22 bits per heavy atom. The summed E-state index contributed by atoms with van der Waals surface area (Å²) in [5.41, 5.74) is 4.69. The lowest BCUT2D eigenvalue weighted by Gasteiger charge is -2.16. The molecule has 1 aromatic rings. The Kier molecular flexibility index (Phi) is 5.48. The van der Waals surface area contributed by atoms with Crippen LogP contribution in [0.2, 0.25) is 5.02 Å². The van der Waals surface area contributed by atoms with E-state index < -0.39 is 0 Å². The third kappa shape index (κ3) is 4.67. The molecular formula is C16H18ClN3O2S. The number of ether oxygens (including phenoxy) is 2. The van der Waals surface area contributed by atoms with E-state index >= 15 is 0 Å². The van der Waals surface area contributed by atoms with Crippen molar-refractivity contribution in [1.82, 2.24) is 10.7 Å². The number of nitrogens with one attached hydrogen (secondary N) is 2. The second-order valence-electron chi connectivity index (χ2n) is 5.41. The van der Waals surface area contributed by atoms with Crippen molar-refractivity contribution < 1.29 is 9.47 Å². The quantitative estimate of drug-likeness (QED) is 0.496. The van der Waals surface area contributed by atoms with Crippen molar-refractivity contribution in [3.63, 3.8) is 0 Å². The van der Waals surface area contributed by atoms with Crippen molar-refractivity contribution in [3.05, 3.63) is 34.4 Å². The summed E-state index contributed by atoms with van der Waals surface area (Å²) in [6.07, 6.45) is 6.13. The van der Waals surface area contributed by atoms with Crippen molar-refractivity contribution >= 4 is 41.2 Å². The summed E-state index contributed by atoms with van der Waals surface area (Å²) in [5, 5.41) is 8.40. The molecule has 122 valence electrons. The van der Waals surface area contributed by atoms with Gasteiger partial charge in [-0.15, -0.1) is 0 Å². The molecular weight excluding hydrogens is 334 g/mol. The molecule has 0 amide bonds. The lowest BCUT2D eigenvalue weighted by molar-refractivity contribution is 0.114. The lowest BCUT2D eigenvalue weighted by Crippen LogP contribution is -2.37. The smallest absolute Gasteiger partial charge is 0.187 e. The highest BCUT2D eigenvalue weighted by atomic mass is 35.5. The number of hydrogen-bond acceptors (Lipinski definition) is 4. The summed E-state index contributed by atoms with van der Waals surface area (Å²) in [6, 6.07) is 5.54. The highest BCUT2D eigenvalue weighted by Gasteiger charge is 2.15. The Morgan fingerprint density at radius 1 is 1.48 bits per heavy atom. The van der Waals surface area contributed by atoms with Crippen LogP contribution in [0.5, 0.6) is 5.75 Å². The van der Waals surface area contributed by atoms with E-state index in [9.17, 15) is 0 Å². The molecule has 0 aliphatic carbocycles. The first-order valence-electron chi connectivity index (χ1n) is 7.52. The van der Waals surface area contributed by atoms with Crippen molar-refractivity contribution in [2.45, 2.75) is 18.9 Å². The Bertz CT molecular complexity index is 642.